The minimum Gasteiger partial charge on any atom is -0.493 e. The van der Waals surface area contributed by atoms with Crippen LogP contribution in [-0.4, -0.2) is 62.8 Å². The lowest BCUT2D eigenvalue weighted by Crippen LogP contribution is -2.49. The Kier molecular flexibility index (Phi) is 4.86. The Labute approximate surface area is 133 Å². The van der Waals surface area contributed by atoms with Crippen molar-refractivity contribution in [2.75, 3.05) is 53.0 Å². The molecule has 1 aromatic rings. The number of likely N-dealkylation sites (N-methyl/N-ethyl adjacent to an activating group) is 1. The van der Waals surface area contributed by atoms with Crippen molar-refractivity contribution in [2.45, 2.75) is 13.0 Å². The standard InChI is InChI=1S/C17H27N3O2/c1-3-19-7-9-20(10-8-19)11-13-12-22-17-14(16(13)18)5-4-6-15(17)21-2/h4-6,13,16H,3,7-12,18H2,1-2H3. The molecule has 5 nitrogen and oxygen atoms in total. The summed E-state index contributed by atoms with van der Waals surface area (Å²) in [7, 11) is 1.67. The Bertz CT molecular complexity index is 501. The van der Waals surface area contributed by atoms with E-state index in [4.69, 9.17) is 15.2 Å². The molecule has 122 valence electrons. The molecule has 2 heterocycles. The topological polar surface area (TPSA) is 51.0 Å². The highest BCUT2D eigenvalue weighted by Crippen LogP contribution is 2.40. The molecule has 3 rings (SSSR count). The van der Waals surface area contributed by atoms with Gasteiger partial charge in [-0.3, -0.25) is 0 Å². The molecule has 2 aliphatic heterocycles. The largest absolute Gasteiger partial charge is 0.493 e. The van der Waals surface area contributed by atoms with Gasteiger partial charge in [0.25, 0.3) is 0 Å². The number of rotatable bonds is 4. The summed E-state index contributed by atoms with van der Waals surface area (Å²) >= 11 is 0. The fourth-order valence-electron chi connectivity index (χ4n) is 3.44. The van der Waals surface area contributed by atoms with Crippen LogP contribution in [-0.2, 0) is 0 Å². The molecule has 0 bridgehead atoms. The molecule has 2 unspecified atom stereocenters. The van der Waals surface area contributed by atoms with Crippen molar-refractivity contribution < 1.29 is 9.47 Å². The van der Waals surface area contributed by atoms with Crippen LogP contribution in [0.15, 0.2) is 18.2 Å². The van der Waals surface area contributed by atoms with Crippen molar-refractivity contribution in [3.63, 3.8) is 0 Å². The third kappa shape index (κ3) is 3.07. The van der Waals surface area contributed by atoms with Crippen molar-refractivity contribution in [1.29, 1.82) is 0 Å². The van der Waals surface area contributed by atoms with Gasteiger partial charge in [-0.1, -0.05) is 19.1 Å². The van der Waals surface area contributed by atoms with Crippen LogP contribution < -0.4 is 15.2 Å². The van der Waals surface area contributed by atoms with Gasteiger partial charge in [-0.2, -0.15) is 0 Å². The summed E-state index contributed by atoms with van der Waals surface area (Å²) in [6.45, 7) is 9.62. The van der Waals surface area contributed by atoms with Gasteiger partial charge in [0.05, 0.1) is 13.7 Å². The molecule has 0 radical (unpaired) electrons. The van der Waals surface area contributed by atoms with Crippen LogP contribution in [0.3, 0.4) is 0 Å². The van der Waals surface area contributed by atoms with Gasteiger partial charge in [-0.25, -0.2) is 0 Å². The van der Waals surface area contributed by atoms with Crippen LogP contribution in [0, 0.1) is 5.92 Å². The molecule has 1 saturated heterocycles. The number of methoxy groups -OCH3 is 1. The van der Waals surface area contributed by atoms with Crippen LogP contribution >= 0.6 is 0 Å². The Morgan fingerprint density at radius 3 is 2.64 bits per heavy atom. The van der Waals surface area contributed by atoms with E-state index in [9.17, 15) is 0 Å². The van der Waals surface area contributed by atoms with Gasteiger partial charge in [0.15, 0.2) is 11.5 Å². The number of piperazine rings is 1. The van der Waals surface area contributed by atoms with Crippen LogP contribution in [0.2, 0.25) is 0 Å². The van der Waals surface area contributed by atoms with Gasteiger partial charge in [-0.15, -0.1) is 0 Å². The van der Waals surface area contributed by atoms with E-state index in [2.05, 4.69) is 22.8 Å². The van der Waals surface area contributed by atoms with Gasteiger partial charge in [0, 0.05) is 50.2 Å². The van der Waals surface area contributed by atoms with E-state index in [1.807, 2.05) is 12.1 Å². The SMILES string of the molecule is CCN1CCN(CC2COc3c(OC)cccc3C2N)CC1. The lowest BCUT2D eigenvalue weighted by molar-refractivity contribution is 0.0907. The Morgan fingerprint density at radius 2 is 1.95 bits per heavy atom. The molecule has 0 aliphatic carbocycles. The minimum atomic E-state index is 0.0167. The van der Waals surface area contributed by atoms with E-state index in [1.165, 1.54) is 0 Å². The van der Waals surface area contributed by atoms with E-state index in [-0.39, 0.29) is 6.04 Å². The summed E-state index contributed by atoms with van der Waals surface area (Å²) in [6.07, 6.45) is 0. The predicted octanol–water partition coefficient (Wildman–Crippen LogP) is 1.34. The maximum Gasteiger partial charge on any atom is 0.165 e. The third-order valence-electron chi connectivity index (χ3n) is 4.94. The van der Waals surface area contributed by atoms with Crippen molar-refractivity contribution in [1.82, 2.24) is 9.80 Å². The number of hydrogen-bond donors (Lipinski definition) is 1. The van der Waals surface area contributed by atoms with Crippen LogP contribution in [0.5, 0.6) is 11.5 Å². The number of hydrogen-bond acceptors (Lipinski definition) is 5. The van der Waals surface area contributed by atoms with E-state index >= 15 is 0 Å². The highest BCUT2D eigenvalue weighted by Gasteiger charge is 2.32. The summed E-state index contributed by atoms with van der Waals surface area (Å²) in [5, 5.41) is 0. The van der Waals surface area contributed by atoms with E-state index in [0.717, 1.165) is 56.3 Å². The van der Waals surface area contributed by atoms with Crippen molar-refractivity contribution in [3.8, 4) is 11.5 Å². The maximum absolute atomic E-state index is 6.51. The lowest BCUT2D eigenvalue weighted by Gasteiger charge is -2.39. The lowest BCUT2D eigenvalue weighted by atomic mass is 9.90. The number of benzene rings is 1. The Morgan fingerprint density at radius 1 is 1.23 bits per heavy atom. The minimum absolute atomic E-state index is 0.0167. The normalized spacial score (nSPS) is 26.3. The first-order valence-corrected chi connectivity index (χ1v) is 8.23. The molecular formula is C17H27N3O2. The number of ether oxygens (including phenoxy) is 2. The fourth-order valence-corrected chi connectivity index (χ4v) is 3.44. The predicted molar refractivity (Wildman–Crippen MR) is 87.5 cm³/mol. The van der Waals surface area contributed by atoms with Crippen LogP contribution in [0.4, 0.5) is 0 Å². The molecule has 5 heteroatoms. The highest BCUT2D eigenvalue weighted by atomic mass is 16.5. The fraction of sp³-hybridized carbons (Fsp3) is 0.647. The summed E-state index contributed by atoms with van der Waals surface area (Å²) in [5.74, 6) is 1.94. The summed E-state index contributed by atoms with van der Waals surface area (Å²) < 4.78 is 11.3. The molecular weight excluding hydrogens is 278 g/mol. The average Bonchev–Trinajstić information content (AvgIpc) is 2.57. The number of nitrogens with zero attached hydrogens (tertiary/aromatic N) is 2. The molecule has 0 amide bonds. The second kappa shape index (κ2) is 6.86. The molecule has 22 heavy (non-hydrogen) atoms. The van der Waals surface area contributed by atoms with E-state index in [0.29, 0.717) is 12.5 Å². The van der Waals surface area contributed by atoms with E-state index < -0.39 is 0 Å². The van der Waals surface area contributed by atoms with Gasteiger partial charge >= 0.3 is 0 Å². The zero-order valence-corrected chi connectivity index (χ0v) is 13.6. The summed E-state index contributed by atoms with van der Waals surface area (Å²) in [4.78, 5) is 5.01. The summed E-state index contributed by atoms with van der Waals surface area (Å²) in [5.41, 5.74) is 7.58. The quantitative estimate of drug-likeness (QED) is 0.910. The first-order valence-electron chi connectivity index (χ1n) is 8.23. The van der Waals surface area contributed by atoms with Gasteiger partial charge in [0.2, 0.25) is 0 Å². The Balaban J connectivity index is 1.65. The molecule has 1 fully saturated rings. The zero-order valence-electron chi connectivity index (χ0n) is 13.6. The number of fused-ring (bicyclic) bond motifs is 1. The van der Waals surface area contributed by atoms with Crippen LogP contribution in [0.1, 0.15) is 18.5 Å². The molecule has 2 atom stereocenters. The molecule has 2 N–H and O–H groups in total. The van der Waals surface area contributed by atoms with Gasteiger partial charge in [-0.05, 0) is 12.6 Å². The summed E-state index contributed by atoms with van der Waals surface area (Å²) in [6, 6.07) is 5.99. The molecule has 0 aromatic heterocycles. The monoisotopic (exact) mass is 305 g/mol. The number of para-hydroxylation sites is 1. The zero-order chi connectivity index (χ0) is 15.5. The molecule has 2 aliphatic rings. The second-order valence-electron chi connectivity index (χ2n) is 6.21. The third-order valence-corrected chi connectivity index (χ3v) is 4.94. The van der Waals surface area contributed by atoms with E-state index in [1.54, 1.807) is 7.11 Å². The average molecular weight is 305 g/mol. The maximum atomic E-state index is 6.51. The molecule has 0 saturated carbocycles. The highest BCUT2D eigenvalue weighted by molar-refractivity contribution is 5.49. The second-order valence-corrected chi connectivity index (χ2v) is 6.21. The number of nitrogens with two attached hydrogens (primary N) is 1. The van der Waals surface area contributed by atoms with Crippen molar-refractivity contribution in [3.05, 3.63) is 23.8 Å². The first-order chi connectivity index (χ1) is 10.7. The van der Waals surface area contributed by atoms with Crippen molar-refractivity contribution >= 4 is 0 Å². The van der Waals surface area contributed by atoms with Gasteiger partial charge < -0.3 is 25.0 Å². The Hall–Kier alpha value is -1.30. The smallest absolute Gasteiger partial charge is 0.165 e. The van der Waals surface area contributed by atoms with Gasteiger partial charge in [0.1, 0.15) is 0 Å². The molecule has 0 spiro atoms. The first kappa shape index (κ1) is 15.6. The molecule has 1 aromatic carbocycles. The van der Waals surface area contributed by atoms with Crippen molar-refractivity contribution in [2.24, 2.45) is 11.7 Å². The van der Waals surface area contributed by atoms with Crippen LogP contribution in [0.25, 0.3) is 0 Å².